The highest BCUT2D eigenvalue weighted by Gasteiger charge is 2.24. The zero-order valence-electron chi connectivity index (χ0n) is 11.9. The number of hydrogen-bond donors (Lipinski definition) is 1. The average Bonchev–Trinajstić information content (AvgIpc) is 2.72. The minimum Gasteiger partial charge on any atom is -0.342 e. The molecule has 2 rings (SSSR count). The van der Waals surface area contributed by atoms with Crippen LogP contribution in [0.3, 0.4) is 0 Å². The third-order valence-corrected chi connectivity index (χ3v) is 4.45. The maximum atomic E-state index is 12.4. The van der Waals surface area contributed by atoms with Gasteiger partial charge in [-0.2, -0.15) is 0 Å². The molecule has 1 aliphatic rings. The molecule has 8 heteroatoms. The van der Waals surface area contributed by atoms with E-state index < -0.39 is 0 Å². The Morgan fingerprint density at radius 1 is 1.35 bits per heavy atom. The van der Waals surface area contributed by atoms with Crippen LogP contribution in [0.15, 0.2) is 5.16 Å². The van der Waals surface area contributed by atoms with Gasteiger partial charge in [0.1, 0.15) is 0 Å². The molecule has 1 aromatic heterocycles. The Morgan fingerprint density at radius 3 is 2.70 bits per heavy atom. The molecule has 2 N–H and O–H groups in total. The summed E-state index contributed by atoms with van der Waals surface area (Å²) in [5.74, 6) is 0.180. The largest absolute Gasteiger partial charge is 0.342 e. The molecule has 0 spiro atoms. The Morgan fingerprint density at radius 2 is 2.05 bits per heavy atom. The molecule has 112 valence electrons. The molecule has 0 bridgehead atoms. The van der Waals surface area contributed by atoms with Crippen molar-refractivity contribution < 1.29 is 4.79 Å². The van der Waals surface area contributed by atoms with E-state index in [0.717, 1.165) is 25.9 Å². The van der Waals surface area contributed by atoms with Crippen molar-refractivity contribution in [2.75, 3.05) is 19.6 Å². The van der Waals surface area contributed by atoms with Crippen LogP contribution in [0.4, 0.5) is 0 Å². The van der Waals surface area contributed by atoms with Crippen LogP contribution < -0.4 is 5.73 Å². The number of rotatable bonds is 5. The lowest BCUT2D eigenvalue weighted by atomic mass is 10.2. The molecule has 1 aliphatic heterocycles. The Hall–Kier alpha value is -1.15. The molecule has 1 unspecified atom stereocenters. The van der Waals surface area contributed by atoms with Gasteiger partial charge >= 0.3 is 0 Å². The zero-order valence-corrected chi connectivity index (χ0v) is 12.7. The molecule has 1 atom stereocenters. The highest BCUT2D eigenvalue weighted by molar-refractivity contribution is 8.00. The lowest BCUT2D eigenvalue weighted by Gasteiger charge is -2.23. The maximum absolute atomic E-state index is 12.4. The van der Waals surface area contributed by atoms with Gasteiger partial charge in [0, 0.05) is 19.6 Å². The summed E-state index contributed by atoms with van der Waals surface area (Å²) >= 11 is 1.41. The zero-order chi connectivity index (χ0) is 14.4. The highest BCUT2D eigenvalue weighted by atomic mass is 32.2. The molecule has 7 nitrogen and oxygen atoms in total. The molecular formula is C12H22N6OS. The van der Waals surface area contributed by atoms with Crippen molar-refractivity contribution in [1.82, 2.24) is 25.1 Å². The van der Waals surface area contributed by atoms with E-state index >= 15 is 0 Å². The highest BCUT2D eigenvalue weighted by Crippen LogP contribution is 2.22. The minimum absolute atomic E-state index is 0.171. The van der Waals surface area contributed by atoms with Crippen LogP contribution in [0.25, 0.3) is 0 Å². The standard InChI is InChI=1S/C12H22N6OS/c1-10(11(19)17-7-4-2-3-5-8-17)20-12-14-15-16-18(12)9-6-13/h10H,2-9,13H2,1H3. The molecule has 2 heterocycles. The Bertz CT molecular complexity index is 429. The molecule has 1 fully saturated rings. The summed E-state index contributed by atoms with van der Waals surface area (Å²) in [6.45, 7) is 4.71. The van der Waals surface area contributed by atoms with Crippen molar-refractivity contribution in [2.24, 2.45) is 5.73 Å². The number of hydrogen-bond acceptors (Lipinski definition) is 6. The smallest absolute Gasteiger partial charge is 0.235 e. The van der Waals surface area contributed by atoms with Gasteiger partial charge in [0.15, 0.2) is 0 Å². The van der Waals surface area contributed by atoms with E-state index in [2.05, 4.69) is 15.5 Å². The first-order valence-corrected chi connectivity index (χ1v) is 8.02. The van der Waals surface area contributed by atoms with Crippen LogP contribution in [-0.4, -0.2) is 55.9 Å². The van der Waals surface area contributed by atoms with Gasteiger partial charge < -0.3 is 10.6 Å². The molecule has 1 saturated heterocycles. The maximum Gasteiger partial charge on any atom is 0.235 e. The molecule has 20 heavy (non-hydrogen) atoms. The number of likely N-dealkylation sites (tertiary alicyclic amines) is 1. The van der Waals surface area contributed by atoms with E-state index in [9.17, 15) is 4.79 Å². The lowest BCUT2D eigenvalue weighted by molar-refractivity contribution is -0.130. The van der Waals surface area contributed by atoms with Crippen molar-refractivity contribution in [3.63, 3.8) is 0 Å². The fourth-order valence-electron chi connectivity index (χ4n) is 2.30. The summed E-state index contributed by atoms with van der Waals surface area (Å²) in [7, 11) is 0. The Labute approximate surface area is 123 Å². The van der Waals surface area contributed by atoms with Gasteiger partial charge in [-0.15, -0.1) is 5.10 Å². The second-order valence-corrected chi connectivity index (χ2v) is 6.28. The summed E-state index contributed by atoms with van der Waals surface area (Å²) in [4.78, 5) is 14.4. The first-order valence-electron chi connectivity index (χ1n) is 7.14. The second kappa shape index (κ2) is 7.58. The number of thioether (sulfide) groups is 1. The van der Waals surface area contributed by atoms with Gasteiger partial charge in [-0.3, -0.25) is 4.79 Å². The second-order valence-electron chi connectivity index (χ2n) is 4.97. The number of amides is 1. The van der Waals surface area contributed by atoms with E-state index in [1.54, 1.807) is 4.68 Å². The molecule has 1 amide bonds. The number of tetrazole rings is 1. The van der Waals surface area contributed by atoms with E-state index in [1.165, 1.54) is 24.6 Å². The van der Waals surface area contributed by atoms with Crippen LogP contribution in [0.1, 0.15) is 32.6 Å². The van der Waals surface area contributed by atoms with Crippen LogP contribution in [0, 0.1) is 0 Å². The molecule has 0 radical (unpaired) electrons. The average molecular weight is 298 g/mol. The Kier molecular flexibility index (Phi) is 5.78. The van der Waals surface area contributed by atoms with Crippen LogP contribution in [-0.2, 0) is 11.3 Å². The molecule has 0 saturated carbocycles. The molecule has 1 aromatic rings. The van der Waals surface area contributed by atoms with Gasteiger partial charge in [-0.05, 0) is 30.2 Å². The van der Waals surface area contributed by atoms with Gasteiger partial charge in [0.05, 0.1) is 11.8 Å². The summed E-state index contributed by atoms with van der Waals surface area (Å²) in [6, 6.07) is 0. The number of nitrogens with two attached hydrogens (primary N) is 1. The third kappa shape index (κ3) is 3.92. The topological polar surface area (TPSA) is 89.9 Å². The first kappa shape index (κ1) is 15.2. The van der Waals surface area contributed by atoms with Gasteiger partial charge in [0.25, 0.3) is 0 Å². The monoisotopic (exact) mass is 298 g/mol. The predicted octanol–water partition coefficient (Wildman–Crippen LogP) is 0.515. The molecular weight excluding hydrogens is 276 g/mol. The SMILES string of the molecule is CC(Sc1nnnn1CCN)C(=O)N1CCCCCC1. The molecule has 0 aliphatic carbocycles. The normalized spacial score (nSPS) is 17.8. The minimum atomic E-state index is -0.171. The van der Waals surface area contributed by atoms with E-state index in [-0.39, 0.29) is 11.2 Å². The third-order valence-electron chi connectivity index (χ3n) is 3.39. The van der Waals surface area contributed by atoms with Crippen molar-refractivity contribution in [3.8, 4) is 0 Å². The quantitative estimate of drug-likeness (QED) is 0.797. The van der Waals surface area contributed by atoms with Gasteiger partial charge in [-0.1, -0.05) is 24.6 Å². The van der Waals surface area contributed by atoms with Crippen molar-refractivity contribution in [3.05, 3.63) is 0 Å². The van der Waals surface area contributed by atoms with E-state index in [0.29, 0.717) is 18.2 Å². The fourth-order valence-corrected chi connectivity index (χ4v) is 3.20. The summed E-state index contributed by atoms with van der Waals surface area (Å²) in [5, 5.41) is 12.0. The van der Waals surface area contributed by atoms with Crippen molar-refractivity contribution in [2.45, 2.75) is 49.6 Å². The number of aromatic nitrogens is 4. The number of carbonyl (C=O) groups is 1. The number of nitrogens with zero attached hydrogens (tertiary/aromatic N) is 5. The summed E-state index contributed by atoms with van der Waals surface area (Å²) < 4.78 is 1.65. The van der Waals surface area contributed by atoms with Gasteiger partial charge in [0.2, 0.25) is 11.1 Å². The van der Waals surface area contributed by atoms with Gasteiger partial charge in [-0.25, -0.2) is 4.68 Å². The molecule has 0 aromatic carbocycles. The van der Waals surface area contributed by atoms with E-state index in [4.69, 9.17) is 5.73 Å². The summed E-state index contributed by atoms with van der Waals surface area (Å²) in [5.41, 5.74) is 5.51. The fraction of sp³-hybridized carbons (Fsp3) is 0.833. The summed E-state index contributed by atoms with van der Waals surface area (Å²) in [6.07, 6.45) is 4.65. The first-order chi connectivity index (χ1) is 9.72. The van der Waals surface area contributed by atoms with Crippen molar-refractivity contribution in [1.29, 1.82) is 0 Å². The van der Waals surface area contributed by atoms with Crippen molar-refractivity contribution >= 4 is 17.7 Å². The number of carbonyl (C=O) groups excluding carboxylic acids is 1. The lowest BCUT2D eigenvalue weighted by Crippen LogP contribution is -2.37. The Balaban J connectivity index is 1.94. The van der Waals surface area contributed by atoms with E-state index in [1.807, 2.05) is 11.8 Å². The van der Waals surface area contributed by atoms with Crippen LogP contribution in [0.2, 0.25) is 0 Å². The van der Waals surface area contributed by atoms with Crippen LogP contribution >= 0.6 is 11.8 Å². The van der Waals surface area contributed by atoms with Crippen LogP contribution in [0.5, 0.6) is 0 Å². The predicted molar refractivity (Wildman–Crippen MR) is 77.2 cm³/mol.